The quantitative estimate of drug-likeness (QED) is 0.620. The van der Waals surface area contributed by atoms with E-state index < -0.39 is 9.85 Å². The molecule has 0 unspecified atom stereocenters. The maximum absolute atomic E-state index is 11.2. The normalized spacial score (nSPS) is 10.1. The molecule has 0 amide bonds. The van der Waals surface area contributed by atoms with Crippen LogP contribution < -0.4 is 9.47 Å². The molecule has 0 N–H and O–H groups in total. The minimum absolute atomic E-state index is 0.0879. The van der Waals surface area contributed by atoms with E-state index in [-0.39, 0.29) is 22.7 Å². The fourth-order valence-corrected chi connectivity index (χ4v) is 2.03. The average Bonchev–Trinajstić information content (AvgIpc) is 2.53. The number of nitro groups is 2. The maximum atomic E-state index is 11.2. The lowest BCUT2D eigenvalue weighted by Gasteiger charge is -2.07. The number of hydrogen-bond donors (Lipinski definition) is 0. The zero-order chi connectivity index (χ0) is 16.3. The molecule has 0 spiro atoms. The summed E-state index contributed by atoms with van der Waals surface area (Å²) in [5.74, 6) is 0.420. The maximum Gasteiger partial charge on any atom is 0.311 e. The topological polar surface area (TPSA) is 105 Å². The van der Waals surface area contributed by atoms with Crippen molar-refractivity contribution in [3.05, 3.63) is 56.6 Å². The van der Waals surface area contributed by atoms with Crippen LogP contribution in [0.1, 0.15) is 0 Å². The molecule has 0 heterocycles. The van der Waals surface area contributed by atoms with Crippen molar-refractivity contribution in [3.8, 4) is 22.6 Å². The molecule has 2 aromatic rings. The third-order valence-electron chi connectivity index (χ3n) is 3.09. The van der Waals surface area contributed by atoms with Crippen LogP contribution in [-0.4, -0.2) is 24.1 Å². The van der Waals surface area contributed by atoms with Crippen molar-refractivity contribution < 1.29 is 19.3 Å². The number of benzene rings is 2. The van der Waals surface area contributed by atoms with E-state index in [2.05, 4.69) is 0 Å². The highest BCUT2D eigenvalue weighted by atomic mass is 16.6. The zero-order valence-corrected chi connectivity index (χ0v) is 11.8. The molecule has 8 nitrogen and oxygen atoms in total. The van der Waals surface area contributed by atoms with Gasteiger partial charge in [0.15, 0.2) is 5.75 Å². The Bertz CT molecular complexity index is 744. The summed E-state index contributed by atoms with van der Waals surface area (Å²) in [4.78, 5) is 21.1. The summed E-state index contributed by atoms with van der Waals surface area (Å²) >= 11 is 0. The number of hydrogen-bond acceptors (Lipinski definition) is 6. The van der Waals surface area contributed by atoms with Crippen LogP contribution in [0.15, 0.2) is 36.4 Å². The van der Waals surface area contributed by atoms with Gasteiger partial charge in [-0.2, -0.15) is 0 Å². The van der Waals surface area contributed by atoms with Crippen molar-refractivity contribution in [1.29, 1.82) is 0 Å². The van der Waals surface area contributed by atoms with Crippen LogP contribution in [0.2, 0.25) is 0 Å². The Labute approximate surface area is 125 Å². The van der Waals surface area contributed by atoms with E-state index in [9.17, 15) is 20.2 Å². The second kappa shape index (κ2) is 6.08. The Kier molecular flexibility index (Phi) is 4.21. The summed E-state index contributed by atoms with van der Waals surface area (Å²) in [6.45, 7) is 0. The minimum Gasteiger partial charge on any atom is -0.497 e. The summed E-state index contributed by atoms with van der Waals surface area (Å²) in [7, 11) is 2.72. The average molecular weight is 304 g/mol. The lowest BCUT2D eigenvalue weighted by Crippen LogP contribution is -1.96. The van der Waals surface area contributed by atoms with E-state index in [4.69, 9.17) is 9.47 Å². The molecule has 0 aliphatic carbocycles. The molecule has 114 valence electrons. The van der Waals surface area contributed by atoms with E-state index in [0.717, 1.165) is 0 Å². The molecule has 22 heavy (non-hydrogen) atoms. The van der Waals surface area contributed by atoms with E-state index in [0.29, 0.717) is 11.3 Å². The summed E-state index contributed by atoms with van der Waals surface area (Å²) in [5.41, 5.74) is 0.155. The number of rotatable bonds is 5. The molecule has 0 fully saturated rings. The zero-order valence-electron chi connectivity index (χ0n) is 11.8. The molecule has 0 aromatic heterocycles. The molecular formula is C14H12N2O6. The smallest absolute Gasteiger partial charge is 0.311 e. The lowest BCUT2D eigenvalue weighted by atomic mass is 10.0. The van der Waals surface area contributed by atoms with Gasteiger partial charge in [-0.15, -0.1) is 0 Å². The van der Waals surface area contributed by atoms with Crippen molar-refractivity contribution in [2.24, 2.45) is 0 Å². The molecule has 0 bridgehead atoms. The second-order valence-corrected chi connectivity index (χ2v) is 4.28. The van der Waals surface area contributed by atoms with Crippen LogP contribution in [0, 0.1) is 20.2 Å². The number of nitro benzene ring substituents is 2. The first-order valence-corrected chi connectivity index (χ1v) is 6.13. The molecule has 0 saturated carbocycles. The third kappa shape index (κ3) is 2.80. The molecule has 0 atom stereocenters. The van der Waals surface area contributed by atoms with Gasteiger partial charge >= 0.3 is 5.69 Å². The van der Waals surface area contributed by atoms with Gasteiger partial charge in [0, 0.05) is 6.07 Å². The number of methoxy groups -OCH3 is 2. The molecule has 2 aromatic carbocycles. The van der Waals surface area contributed by atoms with E-state index >= 15 is 0 Å². The first-order valence-electron chi connectivity index (χ1n) is 6.13. The van der Waals surface area contributed by atoms with Gasteiger partial charge in [0.1, 0.15) is 5.75 Å². The molecule has 0 saturated heterocycles. The predicted molar refractivity (Wildman–Crippen MR) is 78.3 cm³/mol. The van der Waals surface area contributed by atoms with E-state index in [1.807, 2.05) is 0 Å². The van der Waals surface area contributed by atoms with Crippen LogP contribution in [0.25, 0.3) is 11.1 Å². The number of ether oxygens (including phenoxy) is 2. The molecular weight excluding hydrogens is 292 g/mol. The summed E-state index contributed by atoms with van der Waals surface area (Å²) in [6, 6.07) is 8.49. The standard InChI is InChI=1S/C14H12N2O6/c1-21-10-4-5-11(12(8-10)15(17)18)9-3-6-14(22-2)13(7-9)16(19)20/h3-8H,1-2H3. The molecule has 8 heteroatoms. The number of nitrogens with zero attached hydrogens (tertiary/aromatic N) is 2. The first-order chi connectivity index (χ1) is 10.5. The highest BCUT2D eigenvalue weighted by Gasteiger charge is 2.21. The van der Waals surface area contributed by atoms with Crippen molar-refractivity contribution >= 4 is 11.4 Å². The van der Waals surface area contributed by atoms with E-state index in [1.165, 1.54) is 44.6 Å². The Morgan fingerprint density at radius 3 is 2.09 bits per heavy atom. The van der Waals surface area contributed by atoms with Gasteiger partial charge in [-0.25, -0.2) is 0 Å². The Morgan fingerprint density at radius 1 is 0.864 bits per heavy atom. The van der Waals surface area contributed by atoms with Crippen LogP contribution in [0.3, 0.4) is 0 Å². The predicted octanol–water partition coefficient (Wildman–Crippen LogP) is 3.19. The van der Waals surface area contributed by atoms with Gasteiger partial charge in [-0.05, 0) is 29.8 Å². The fraction of sp³-hybridized carbons (Fsp3) is 0.143. The first kappa shape index (κ1) is 15.2. The van der Waals surface area contributed by atoms with Gasteiger partial charge in [-0.1, -0.05) is 0 Å². The summed E-state index contributed by atoms with van der Waals surface area (Å²) in [6.07, 6.45) is 0. The second-order valence-electron chi connectivity index (χ2n) is 4.28. The van der Waals surface area contributed by atoms with Gasteiger partial charge in [-0.3, -0.25) is 20.2 Å². The monoisotopic (exact) mass is 304 g/mol. The largest absolute Gasteiger partial charge is 0.497 e. The highest BCUT2D eigenvalue weighted by molar-refractivity contribution is 5.77. The van der Waals surface area contributed by atoms with Gasteiger partial charge in [0.2, 0.25) is 0 Å². The molecule has 0 aliphatic rings. The fourth-order valence-electron chi connectivity index (χ4n) is 2.03. The lowest BCUT2D eigenvalue weighted by molar-refractivity contribution is -0.385. The molecule has 0 radical (unpaired) electrons. The Hall–Kier alpha value is -3.16. The van der Waals surface area contributed by atoms with Crippen LogP contribution in [-0.2, 0) is 0 Å². The van der Waals surface area contributed by atoms with Gasteiger partial charge in [0.05, 0.1) is 35.7 Å². The van der Waals surface area contributed by atoms with Crippen molar-refractivity contribution in [2.75, 3.05) is 14.2 Å². The SMILES string of the molecule is COc1ccc(-c2ccc(OC)c([N+](=O)[O-])c2)c([N+](=O)[O-])c1. The molecule has 0 aliphatic heterocycles. The summed E-state index contributed by atoms with van der Waals surface area (Å²) < 4.78 is 9.88. The van der Waals surface area contributed by atoms with Crippen molar-refractivity contribution in [2.45, 2.75) is 0 Å². The van der Waals surface area contributed by atoms with Crippen molar-refractivity contribution in [1.82, 2.24) is 0 Å². The Morgan fingerprint density at radius 2 is 1.55 bits per heavy atom. The minimum atomic E-state index is -0.600. The van der Waals surface area contributed by atoms with Gasteiger partial charge < -0.3 is 9.47 Å². The molecule has 2 rings (SSSR count). The van der Waals surface area contributed by atoms with E-state index in [1.54, 1.807) is 6.07 Å². The van der Waals surface area contributed by atoms with Crippen LogP contribution in [0.5, 0.6) is 11.5 Å². The highest BCUT2D eigenvalue weighted by Crippen LogP contribution is 2.37. The van der Waals surface area contributed by atoms with Gasteiger partial charge in [0.25, 0.3) is 5.69 Å². The van der Waals surface area contributed by atoms with Crippen LogP contribution >= 0.6 is 0 Å². The summed E-state index contributed by atoms with van der Waals surface area (Å²) in [5, 5.41) is 22.3. The van der Waals surface area contributed by atoms with Crippen LogP contribution in [0.4, 0.5) is 11.4 Å². The Balaban J connectivity index is 2.63. The van der Waals surface area contributed by atoms with Crippen molar-refractivity contribution in [3.63, 3.8) is 0 Å². The third-order valence-corrected chi connectivity index (χ3v) is 3.09.